The predicted molar refractivity (Wildman–Crippen MR) is 136 cm³/mol. The highest BCUT2D eigenvalue weighted by atomic mass is 16.5. The van der Waals surface area contributed by atoms with Crippen LogP contribution in [0.3, 0.4) is 0 Å². The fourth-order valence-electron chi connectivity index (χ4n) is 6.06. The van der Waals surface area contributed by atoms with E-state index in [-0.39, 0.29) is 0 Å². The molecule has 0 aliphatic carbocycles. The van der Waals surface area contributed by atoms with Crippen LogP contribution in [0.25, 0.3) is 27.8 Å². The van der Waals surface area contributed by atoms with Gasteiger partial charge in [0.25, 0.3) is 0 Å². The van der Waals surface area contributed by atoms with E-state index in [2.05, 4.69) is 78.2 Å². The van der Waals surface area contributed by atoms with Crippen LogP contribution in [0, 0.1) is 12.3 Å². The smallest absolute Gasteiger partial charge is 0.163 e. The molecule has 6 nitrogen and oxygen atoms in total. The fourth-order valence-corrected chi connectivity index (χ4v) is 6.06. The lowest BCUT2D eigenvalue weighted by atomic mass is 9.84. The number of H-pyrrole nitrogens is 1. The summed E-state index contributed by atoms with van der Waals surface area (Å²) in [7, 11) is 0. The van der Waals surface area contributed by atoms with Crippen molar-refractivity contribution < 1.29 is 4.74 Å². The minimum atomic E-state index is 0.369. The summed E-state index contributed by atoms with van der Waals surface area (Å²) >= 11 is 0. The molecule has 6 heteroatoms. The lowest BCUT2D eigenvalue weighted by Crippen LogP contribution is -2.50. The Kier molecular flexibility index (Phi) is 5.26. The number of piperidine rings is 1. The topological polar surface area (TPSA) is 58.5 Å². The second-order valence-corrected chi connectivity index (χ2v) is 11.2. The van der Waals surface area contributed by atoms with Gasteiger partial charge in [0.1, 0.15) is 6.33 Å². The summed E-state index contributed by atoms with van der Waals surface area (Å²) in [6.45, 7) is 14.4. The second-order valence-electron chi connectivity index (χ2n) is 11.2. The van der Waals surface area contributed by atoms with Gasteiger partial charge in [-0.15, -0.1) is 10.2 Å². The van der Waals surface area contributed by atoms with Crippen molar-refractivity contribution in [2.24, 2.45) is 5.41 Å². The molecule has 6 rings (SSSR count). The molecule has 178 valence electrons. The van der Waals surface area contributed by atoms with E-state index >= 15 is 0 Å². The van der Waals surface area contributed by atoms with Crippen LogP contribution in [0.15, 0.2) is 36.8 Å². The SMILES string of the molecule is Cc1cc(-c2[nH]c3ccc(C4CCN(CC5(C)COC5)CC4)cc3c2C(C)C)cn2cnnc12. The second kappa shape index (κ2) is 8.21. The van der Waals surface area contributed by atoms with Crippen molar-refractivity contribution in [2.75, 3.05) is 32.8 Å². The molecular weight excluding hydrogens is 422 g/mol. The maximum absolute atomic E-state index is 5.46. The van der Waals surface area contributed by atoms with Gasteiger partial charge in [-0.1, -0.05) is 26.8 Å². The third-order valence-corrected chi connectivity index (χ3v) is 7.87. The summed E-state index contributed by atoms with van der Waals surface area (Å²) in [5.74, 6) is 1.06. The zero-order valence-corrected chi connectivity index (χ0v) is 20.8. The highest BCUT2D eigenvalue weighted by Crippen LogP contribution is 2.39. The quantitative estimate of drug-likeness (QED) is 0.428. The van der Waals surface area contributed by atoms with Gasteiger partial charge >= 0.3 is 0 Å². The average Bonchev–Trinajstić information content (AvgIpc) is 3.43. The molecule has 1 aromatic carbocycles. The first-order valence-corrected chi connectivity index (χ1v) is 12.7. The van der Waals surface area contributed by atoms with Crippen LogP contribution in [-0.4, -0.2) is 57.3 Å². The van der Waals surface area contributed by atoms with Crippen molar-refractivity contribution in [2.45, 2.75) is 52.4 Å². The molecule has 0 saturated carbocycles. The number of aryl methyl sites for hydroxylation is 1. The molecule has 0 unspecified atom stereocenters. The van der Waals surface area contributed by atoms with Crippen molar-refractivity contribution >= 4 is 16.6 Å². The predicted octanol–water partition coefficient (Wildman–Crippen LogP) is 5.53. The normalized spacial score (nSPS) is 19.3. The minimum absolute atomic E-state index is 0.369. The molecule has 0 spiro atoms. The molecule has 4 aromatic rings. The van der Waals surface area contributed by atoms with Gasteiger partial charge in [0.2, 0.25) is 0 Å². The van der Waals surface area contributed by atoms with E-state index < -0.39 is 0 Å². The summed E-state index contributed by atoms with van der Waals surface area (Å²) in [5.41, 5.74) is 8.94. The molecule has 2 saturated heterocycles. The Balaban J connectivity index is 1.31. The molecule has 3 aromatic heterocycles. The van der Waals surface area contributed by atoms with Crippen molar-refractivity contribution in [3.63, 3.8) is 0 Å². The van der Waals surface area contributed by atoms with E-state index in [4.69, 9.17) is 4.74 Å². The Morgan fingerprint density at radius 1 is 1.18 bits per heavy atom. The third-order valence-electron chi connectivity index (χ3n) is 7.87. The standard InChI is InChI=1S/C28H35N5O/c1-18(2)25-23-12-21(20-7-9-32(10-8-20)14-28(4)15-34-16-28)5-6-24(23)30-26(25)22-11-19(3)27-31-29-17-33(27)13-22/h5-6,11-13,17-18,20,30H,7-10,14-16H2,1-4H3. The molecule has 0 atom stereocenters. The molecule has 0 bridgehead atoms. The first-order chi connectivity index (χ1) is 16.4. The maximum atomic E-state index is 5.46. The van der Waals surface area contributed by atoms with Gasteiger partial charge in [0.05, 0.1) is 18.9 Å². The van der Waals surface area contributed by atoms with Crippen molar-refractivity contribution in [3.05, 3.63) is 53.5 Å². The number of benzene rings is 1. The van der Waals surface area contributed by atoms with Gasteiger partial charge in [-0.05, 0) is 79.6 Å². The van der Waals surface area contributed by atoms with Crippen LogP contribution < -0.4 is 0 Å². The van der Waals surface area contributed by atoms with E-state index in [0.717, 1.165) is 24.4 Å². The van der Waals surface area contributed by atoms with E-state index in [9.17, 15) is 0 Å². The number of nitrogens with zero attached hydrogens (tertiary/aromatic N) is 4. The van der Waals surface area contributed by atoms with Gasteiger partial charge in [-0.2, -0.15) is 0 Å². The summed E-state index contributed by atoms with van der Waals surface area (Å²) in [5, 5.41) is 9.70. The fraction of sp³-hybridized carbons (Fsp3) is 0.500. The molecule has 34 heavy (non-hydrogen) atoms. The number of nitrogens with one attached hydrogen (secondary N) is 1. The van der Waals surface area contributed by atoms with Crippen LogP contribution in [0.4, 0.5) is 0 Å². The zero-order chi connectivity index (χ0) is 23.4. The number of hydrogen-bond acceptors (Lipinski definition) is 4. The van der Waals surface area contributed by atoms with E-state index in [1.54, 1.807) is 6.33 Å². The number of aromatic nitrogens is 4. The van der Waals surface area contributed by atoms with Gasteiger partial charge < -0.3 is 14.6 Å². The monoisotopic (exact) mass is 457 g/mol. The van der Waals surface area contributed by atoms with E-state index in [0.29, 0.717) is 17.3 Å². The van der Waals surface area contributed by atoms with Gasteiger partial charge in [-0.25, -0.2) is 0 Å². The summed E-state index contributed by atoms with van der Waals surface area (Å²) in [4.78, 5) is 6.40. The average molecular weight is 458 g/mol. The summed E-state index contributed by atoms with van der Waals surface area (Å²) in [6.07, 6.45) is 6.40. The first kappa shape index (κ1) is 21.8. The first-order valence-electron chi connectivity index (χ1n) is 12.7. The van der Waals surface area contributed by atoms with Crippen LogP contribution in [0.5, 0.6) is 0 Å². The van der Waals surface area contributed by atoms with Crippen molar-refractivity contribution in [1.29, 1.82) is 0 Å². The number of likely N-dealkylation sites (tertiary alicyclic amines) is 1. The largest absolute Gasteiger partial charge is 0.380 e. The van der Waals surface area contributed by atoms with Gasteiger partial charge in [0.15, 0.2) is 5.65 Å². The van der Waals surface area contributed by atoms with E-state index in [1.807, 2.05) is 4.40 Å². The molecule has 2 aliphatic rings. The molecule has 1 N–H and O–H groups in total. The van der Waals surface area contributed by atoms with Gasteiger partial charge in [0, 0.05) is 34.6 Å². The molecule has 0 amide bonds. The number of aromatic amines is 1. The summed E-state index contributed by atoms with van der Waals surface area (Å²) in [6, 6.07) is 9.34. The third kappa shape index (κ3) is 3.73. The number of pyridine rings is 1. The van der Waals surface area contributed by atoms with Gasteiger partial charge in [-0.3, -0.25) is 4.40 Å². The Morgan fingerprint density at radius 3 is 2.68 bits per heavy atom. The zero-order valence-electron chi connectivity index (χ0n) is 20.8. The number of fused-ring (bicyclic) bond motifs is 2. The molecule has 2 fully saturated rings. The van der Waals surface area contributed by atoms with Crippen LogP contribution in [0.2, 0.25) is 0 Å². The Labute approximate surface area is 201 Å². The number of ether oxygens (including phenoxy) is 1. The Morgan fingerprint density at radius 2 is 1.97 bits per heavy atom. The maximum Gasteiger partial charge on any atom is 0.163 e. The lowest BCUT2D eigenvalue weighted by molar-refractivity contribution is -0.116. The minimum Gasteiger partial charge on any atom is -0.380 e. The van der Waals surface area contributed by atoms with Crippen LogP contribution in [-0.2, 0) is 4.74 Å². The highest BCUT2D eigenvalue weighted by Gasteiger charge is 2.36. The van der Waals surface area contributed by atoms with Crippen LogP contribution >= 0.6 is 0 Å². The molecule has 2 aliphatic heterocycles. The highest BCUT2D eigenvalue weighted by molar-refractivity contribution is 5.92. The van der Waals surface area contributed by atoms with E-state index in [1.165, 1.54) is 65.8 Å². The summed E-state index contributed by atoms with van der Waals surface area (Å²) < 4.78 is 7.48. The van der Waals surface area contributed by atoms with Crippen molar-refractivity contribution in [3.8, 4) is 11.3 Å². The molecule has 0 radical (unpaired) electrons. The molecular formula is C28H35N5O. The molecule has 5 heterocycles. The Hall–Kier alpha value is -2.70. The van der Waals surface area contributed by atoms with Crippen LogP contribution in [0.1, 0.15) is 62.1 Å². The number of hydrogen-bond donors (Lipinski definition) is 1. The lowest BCUT2D eigenvalue weighted by Gasteiger charge is -2.43. The number of rotatable bonds is 5. The van der Waals surface area contributed by atoms with Crippen molar-refractivity contribution in [1.82, 2.24) is 24.5 Å². The Bertz CT molecular complexity index is 1340.